The van der Waals surface area contributed by atoms with Crippen LogP contribution in [-0.4, -0.2) is 23.1 Å². The Kier molecular flexibility index (Phi) is 4.09. The van der Waals surface area contributed by atoms with E-state index in [2.05, 4.69) is 0 Å². The molecule has 7 heteroatoms. The number of hydrogen-bond donors (Lipinski definition) is 1. The first kappa shape index (κ1) is 16.9. The second kappa shape index (κ2) is 5.82. The van der Waals surface area contributed by atoms with Crippen molar-refractivity contribution in [2.45, 2.75) is 18.3 Å². The molecule has 1 N–H and O–H groups in total. The standard InChI is InChI=1S/C17H14F5NO/c18-14-6-5-13(7-15(14)19)16(24)9-23(10-16)8-11-1-3-12(4-2-11)17(20,21)22/h1-7,24H,8-10H2. The number of hydrogen-bond acceptors (Lipinski definition) is 2. The number of β-amino-alcohol motifs (C(OH)–C–C–N with tert-alkyl or cyclic N) is 1. The Morgan fingerprint density at radius 3 is 2.12 bits per heavy atom. The quantitative estimate of drug-likeness (QED) is 0.860. The van der Waals surface area contributed by atoms with Gasteiger partial charge in [0.05, 0.1) is 5.56 Å². The van der Waals surface area contributed by atoms with Crippen LogP contribution in [0.1, 0.15) is 16.7 Å². The van der Waals surface area contributed by atoms with E-state index >= 15 is 0 Å². The minimum Gasteiger partial charge on any atom is -0.382 e. The lowest BCUT2D eigenvalue weighted by Gasteiger charge is -2.47. The molecule has 0 spiro atoms. The van der Waals surface area contributed by atoms with Gasteiger partial charge in [0.15, 0.2) is 11.6 Å². The Morgan fingerprint density at radius 1 is 0.958 bits per heavy atom. The lowest BCUT2D eigenvalue weighted by Crippen LogP contribution is -2.58. The highest BCUT2D eigenvalue weighted by Gasteiger charge is 2.42. The minimum absolute atomic E-state index is 0.194. The van der Waals surface area contributed by atoms with Crippen molar-refractivity contribution in [3.63, 3.8) is 0 Å². The first-order valence-corrected chi connectivity index (χ1v) is 7.24. The van der Waals surface area contributed by atoms with Crippen molar-refractivity contribution in [1.82, 2.24) is 4.90 Å². The van der Waals surface area contributed by atoms with Gasteiger partial charge in [-0.2, -0.15) is 13.2 Å². The van der Waals surface area contributed by atoms with Crippen LogP contribution in [0, 0.1) is 11.6 Å². The van der Waals surface area contributed by atoms with E-state index in [1.807, 2.05) is 4.90 Å². The molecule has 2 nitrogen and oxygen atoms in total. The van der Waals surface area contributed by atoms with Gasteiger partial charge in [-0.1, -0.05) is 18.2 Å². The van der Waals surface area contributed by atoms with Crippen LogP contribution in [0.2, 0.25) is 0 Å². The summed E-state index contributed by atoms with van der Waals surface area (Å²) in [7, 11) is 0. The zero-order valence-electron chi connectivity index (χ0n) is 12.4. The third-order valence-electron chi connectivity index (χ3n) is 4.11. The molecular formula is C17H14F5NO. The predicted octanol–water partition coefficient (Wildman–Crippen LogP) is 3.69. The number of alkyl halides is 3. The van der Waals surface area contributed by atoms with E-state index in [1.165, 1.54) is 18.2 Å². The normalized spacial score (nSPS) is 17.6. The summed E-state index contributed by atoms with van der Waals surface area (Å²) < 4.78 is 63.7. The van der Waals surface area contributed by atoms with Crippen LogP contribution in [-0.2, 0) is 18.3 Å². The maximum Gasteiger partial charge on any atom is 0.416 e. The average Bonchev–Trinajstić information content (AvgIpc) is 2.48. The number of benzene rings is 2. The smallest absolute Gasteiger partial charge is 0.382 e. The van der Waals surface area contributed by atoms with Gasteiger partial charge in [0, 0.05) is 19.6 Å². The van der Waals surface area contributed by atoms with E-state index in [0.717, 1.165) is 24.3 Å². The molecule has 2 aromatic rings. The summed E-state index contributed by atoms with van der Waals surface area (Å²) in [4.78, 5) is 1.81. The highest BCUT2D eigenvalue weighted by atomic mass is 19.4. The minimum atomic E-state index is -4.37. The van der Waals surface area contributed by atoms with Crippen LogP contribution in [0.3, 0.4) is 0 Å². The first-order valence-electron chi connectivity index (χ1n) is 7.24. The number of halogens is 5. The molecule has 2 aromatic carbocycles. The maximum atomic E-state index is 13.3. The molecule has 0 aromatic heterocycles. The van der Waals surface area contributed by atoms with Gasteiger partial charge >= 0.3 is 6.18 Å². The van der Waals surface area contributed by atoms with E-state index < -0.39 is 29.0 Å². The molecular weight excluding hydrogens is 329 g/mol. The molecule has 0 saturated carbocycles. The molecule has 3 rings (SSSR count). The summed E-state index contributed by atoms with van der Waals surface area (Å²) in [6.45, 7) is 0.752. The largest absolute Gasteiger partial charge is 0.416 e. The molecule has 0 atom stereocenters. The zero-order chi connectivity index (χ0) is 17.5. The molecule has 24 heavy (non-hydrogen) atoms. The Balaban J connectivity index is 1.63. The summed E-state index contributed by atoms with van der Waals surface area (Å²) >= 11 is 0. The Labute approximate surface area is 135 Å². The van der Waals surface area contributed by atoms with Crippen LogP contribution >= 0.6 is 0 Å². The van der Waals surface area contributed by atoms with Crippen LogP contribution in [0.4, 0.5) is 22.0 Å². The monoisotopic (exact) mass is 343 g/mol. The van der Waals surface area contributed by atoms with E-state index in [4.69, 9.17) is 0 Å². The van der Waals surface area contributed by atoms with Crippen molar-refractivity contribution in [1.29, 1.82) is 0 Å². The summed E-state index contributed by atoms with van der Waals surface area (Å²) in [5, 5.41) is 10.4. The predicted molar refractivity (Wildman–Crippen MR) is 77.0 cm³/mol. The van der Waals surface area contributed by atoms with Crippen molar-refractivity contribution >= 4 is 0 Å². The van der Waals surface area contributed by atoms with Gasteiger partial charge in [-0.15, -0.1) is 0 Å². The number of nitrogens with zero attached hydrogens (tertiary/aromatic N) is 1. The Hall–Kier alpha value is -1.99. The summed E-state index contributed by atoms with van der Waals surface area (Å²) in [6.07, 6.45) is -4.37. The fourth-order valence-electron chi connectivity index (χ4n) is 2.83. The van der Waals surface area contributed by atoms with Crippen LogP contribution < -0.4 is 0 Å². The molecule has 1 aliphatic heterocycles. The average molecular weight is 343 g/mol. The Bertz CT molecular complexity index is 736. The van der Waals surface area contributed by atoms with Gasteiger partial charge in [-0.05, 0) is 35.4 Å². The van der Waals surface area contributed by atoms with Crippen molar-refractivity contribution < 1.29 is 27.1 Å². The van der Waals surface area contributed by atoms with Crippen LogP contribution in [0.25, 0.3) is 0 Å². The fraction of sp³-hybridized carbons (Fsp3) is 0.294. The molecule has 1 fully saturated rings. The van der Waals surface area contributed by atoms with Crippen molar-refractivity contribution in [2.75, 3.05) is 13.1 Å². The topological polar surface area (TPSA) is 23.5 Å². The van der Waals surface area contributed by atoms with E-state index in [0.29, 0.717) is 12.1 Å². The summed E-state index contributed by atoms with van der Waals surface area (Å²) in [5.41, 5.74) is -1.03. The maximum absolute atomic E-state index is 13.3. The highest BCUT2D eigenvalue weighted by molar-refractivity contribution is 5.29. The molecule has 0 amide bonds. The van der Waals surface area contributed by atoms with Crippen LogP contribution in [0.5, 0.6) is 0 Å². The first-order chi connectivity index (χ1) is 11.2. The van der Waals surface area contributed by atoms with Crippen molar-refractivity contribution in [2.24, 2.45) is 0 Å². The van der Waals surface area contributed by atoms with Crippen LogP contribution in [0.15, 0.2) is 42.5 Å². The molecule has 0 aliphatic carbocycles. The SMILES string of the molecule is OC1(c2ccc(F)c(F)c2)CN(Cc2ccc(C(F)(F)F)cc2)C1. The molecule has 0 radical (unpaired) electrons. The highest BCUT2D eigenvalue weighted by Crippen LogP contribution is 2.34. The second-order valence-electron chi connectivity index (χ2n) is 6.00. The van der Waals surface area contributed by atoms with Gasteiger partial charge in [-0.25, -0.2) is 8.78 Å². The molecule has 1 heterocycles. The lowest BCUT2D eigenvalue weighted by atomic mass is 9.85. The molecule has 1 saturated heterocycles. The summed E-state index contributed by atoms with van der Waals surface area (Å²) in [5.74, 6) is -2.01. The second-order valence-corrected chi connectivity index (χ2v) is 6.00. The van der Waals surface area contributed by atoms with Gasteiger partial charge in [0.25, 0.3) is 0 Å². The van der Waals surface area contributed by atoms with Crippen molar-refractivity contribution in [3.8, 4) is 0 Å². The number of aliphatic hydroxyl groups is 1. The van der Waals surface area contributed by atoms with Gasteiger partial charge < -0.3 is 5.11 Å². The van der Waals surface area contributed by atoms with E-state index in [9.17, 15) is 27.1 Å². The Morgan fingerprint density at radius 2 is 1.58 bits per heavy atom. The third-order valence-corrected chi connectivity index (χ3v) is 4.11. The lowest BCUT2D eigenvalue weighted by molar-refractivity contribution is -0.137. The molecule has 128 valence electrons. The van der Waals surface area contributed by atoms with Gasteiger partial charge in [-0.3, -0.25) is 4.90 Å². The summed E-state index contributed by atoms with van der Waals surface area (Å²) in [6, 6.07) is 8.04. The van der Waals surface area contributed by atoms with Gasteiger partial charge in [0.2, 0.25) is 0 Å². The number of rotatable bonds is 3. The van der Waals surface area contributed by atoms with E-state index in [1.54, 1.807) is 0 Å². The van der Waals surface area contributed by atoms with Gasteiger partial charge in [0.1, 0.15) is 5.60 Å². The zero-order valence-corrected chi connectivity index (χ0v) is 12.4. The third kappa shape index (κ3) is 3.27. The molecule has 0 unspecified atom stereocenters. The van der Waals surface area contributed by atoms with E-state index in [-0.39, 0.29) is 18.7 Å². The molecule has 1 aliphatic rings. The fourth-order valence-corrected chi connectivity index (χ4v) is 2.83. The number of likely N-dealkylation sites (tertiary alicyclic amines) is 1. The molecule has 0 bridgehead atoms. The van der Waals surface area contributed by atoms with Crippen molar-refractivity contribution in [3.05, 3.63) is 70.8 Å².